The summed E-state index contributed by atoms with van der Waals surface area (Å²) in [5.41, 5.74) is 1.80. The van der Waals surface area contributed by atoms with E-state index in [0.717, 1.165) is 62.8 Å². The summed E-state index contributed by atoms with van der Waals surface area (Å²) in [5.74, 6) is 7.50. The molecule has 428 valence electrons. The number of ether oxygens (including phenoxy) is 12. The van der Waals surface area contributed by atoms with Crippen molar-refractivity contribution in [2.45, 2.75) is 83.0 Å². The molecule has 14 rings (SSSR count). The van der Waals surface area contributed by atoms with Crippen molar-refractivity contribution in [3.63, 3.8) is 0 Å². The van der Waals surface area contributed by atoms with E-state index in [1.54, 1.807) is 70.9 Å². The first kappa shape index (κ1) is 53.9. The highest BCUT2D eigenvalue weighted by Gasteiger charge is 2.50. The zero-order valence-electron chi connectivity index (χ0n) is 43.8. The molecule has 81 heavy (non-hydrogen) atoms. The molecule has 0 amide bonds. The van der Waals surface area contributed by atoms with Crippen molar-refractivity contribution in [3.05, 3.63) is 122 Å². The van der Waals surface area contributed by atoms with Crippen molar-refractivity contribution < 1.29 is 82.4 Å². The zero-order valence-corrected chi connectivity index (χ0v) is 50.3. The van der Waals surface area contributed by atoms with E-state index >= 15 is 0 Å². The number of hydrogen-bond donors (Lipinski definition) is 1. The Morgan fingerprint density at radius 1 is 0.543 bits per heavy atom. The molecule has 9 aliphatic heterocycles. The second-order valence-corrected chi connectivity index (χ2v) is 30.1. The first-order chi connectivity index (χ1) is 39.2. The third-order valence-electron chi connectivity index (χ3n) is 14.8. The molecule has 9 aliphatic rings. The quantitative estimate of drug-likeness (QED) is 0.102. The van der Waals surface area contributed by atoms with Gasteiger partial charge in [-0.2, -0.15) is 16.8 Å². The molecule has 2 aromatic carbocycles. The third-order valence-corrected chi connectivity index (χ3v) is 25.3. The Kier molecular flexibility index (Phi) is 14.1. The molecule has 0 saturated carbocycles. The summed E-state index contributed by atoms with van der Waals surface area (Å²) in [6, 6.07) is 12.7. The van der Waals surface area contributed by atoms with E-state index in [2.05, 4.69) is 6.92 Å². The number of rotatable bonds is 10. The van der Waals surface area contributed by atoms with Crippen LogP contribution in [0.5, 0.6) is 34.5 Å². The molecule has 0 fully saturated rings. The molecule has 0 spiro atoms. The molecule has 0 bridgehead atoms. The molecule has 5 aromatic rings. The monoisotopic (exact) mass is 1260 g/mol. The van der Waals surface area contributed by atoms with E-state index < -0.39 is 26.5 Å². The second kappa shape index (κ2) is 21.2. The van der Waals surface area contributed by atoms with E-state index in [4.69, 9.17) is 61.0 Å². The van der Waals surface area contributed by atoms with Gasteiger partial charge in [0, 0.05) is 4.88 Å². The van der Waals surface area contributed by atoms with Crippen LogP contribution in [-0.2, 0) is 52.8 Å². The second-order valence-electron chi connectivity index (χ2n) is 20.1. The molecule has 3 aromatic heterocycles. The minimum absolute atomic E-state index is 0.00124. The maximum Gasteiger partial charge on any atom is 0.300 e. The zero-order chi connectivity index (χ0) is 55.5. The van der Waals surface area contributed by atoms with Crippen LogP contribution in [0.4, 0.5) is 0 Å². The van der Waals surface area contributed by atoms with Gasteiger partial charge in [-0.15, -0.1) is 69.3 Å². The topological polar surface area (TPSA) is 208 Å². The van der Waals surface area contributed by atoms with Crippen LogP contribution in [-0.4, -0.2) is 116 Å². The SMILES string of the molecule is Cc1sc(C2S/C(=c3/s/c(=c4/s/c(=C5/SC(C6SC(C)C7=C6OCCO7)C6=C5OCCO6)c5c4OCC(OS(=O)(=O)c4ccc(C(C)CC(C)c6ccc(S(=O)(=O)O)cc6)cc4)O5)c4c3OCCO4)C3=C2OCCO3)c2c1OCCO2. The predicted octanol–water partition coefficient (Wildman–Crippen LogP) is 9.15. The summed E-state index contributed by atoms with van der Waals surface area (Å²) in [4.78, 5) is 3.34. The molecule has 12 heterocycles. The molecule has 7 atom stereocenters. The summed E-state index contributed by atoms with van der Waals surface area (Å²) < 4.78 is 147. The number of hydrogen-bond acceptors (Lipinski definition) is 23. The third kappa shape index (κ3) is 9.59. The lowest BCUT2D eigenvalue weighted by Crippen LogP contribution is -2.35. The lowest BCUT2D eigenvalue weighted by Gasteiger charge is -2.26. The van der Waals surface area contributed by atoms with Crippen LogP contribution in [0, 0.1) is 16.0 Å². The Morgan fingerprint density at radius 2 is 1.05 bits per heavy atom. The summed E-state index contributed by atoms with van der Waals surface area (Å²) in [6.45, 7) is 11.8. The minimum Gasteiger partial charge on any atom is -0.490 e. The first-order valence-electron chi connectivity index (χ1n) is 26.3. The van der Waals surface area contributed by atoms with Crippen LogP contribution in [0.3, 0.4) is 0 Å². The number of benzene rings is 2. The lowest BCUT2D eigenvalue weighted by atomic mass is 9.87. The van der Waals surface area contributed by atoms with Crippen molar-refractivity contribution >= 4 is 99.3 Å². The Morgan fingerprint density at radius 3 is 1.70 bits per heavy atom. The Hall–Kier alpha value is -5.03. The van der Waals surface area contributed by atoms with E-state index in [0.29, 0.717) is 122 Å². The van der Waals surface area contributed by atoms with E-state index in [1.165, 1.54) is 46.9 Å². The molecule has 7 unspecified atom stereocenters. The lowest BCUT2D eigenvalue weighted by molar-refractivity contribution is -0.0440. The molecule has 1 N–H and O–H groups in total. The highest BCUT2D eigenvalue weighted by Crippen LogP contribution is 2.61. The summed E-state index contributed by atoms with van der Waals surface area (Å²) in [6.07, 6.45) is -0.716. The fourth-order valence-corrected chi connectivity index (χ4v) is 20.9. The number of thiophene rings is 3. The van der Waals surface area contributed by atoms with Gasteiger partial charge in [-0.1, -0.05) is 38.1 Å². The fourth-order valence-electron chi connectivity index (χ4n) is 11.1. The number of fused-ring (bicyclic) bond motifs is 3. The Balaban J connectivity index is 0.849. The molecule has 18 nitrogen and oxygen atoms in total. The largest absolute Gasteiger partial charge is 0.490 e. The average molecular weight is 1260 g/mol. The van der Waals surface area contributed by atoms with Gasteiger partial charge in [-0.05, 0) is 67.5 Å². The molecular formula is C55H52O18S8. The first-order valence-corrected chi connectivity index (χ1v) is 34.3. The van der Waals surface area contributed by atoms with Crippen LogP contribution in [0.25, 0.3) is 9.81 Å². The average Bonchev–Trinajstić information content (AvgIpc) is 4.28. The van der Waals surface area contributed by atoms with Crippen LogP contribution in [0.15, 0.2) is 92.9 Å². The highest BCUT2D eigenvalue weighted by molar-refractivity contribution is 8.11. The molecular weight excluding hydrogens is 1210 g/mol. The van der Waals surface area contributed by atoms with Crippen molar-refractivity contribution in [3.8, 4) is 34.5 Å². The molecule has 0 saturated heterocycles. The molecule has 26 heteroatoms. The van der Waals surface area contributed by atoms with Crippen LogP contribution in [0.2, 0.25) is 0 Å². The van der Waals surface area contributed by atoms with E-state index in [9.17, 15) is 21.4 Å². The number of aryl methyl sites for hydroxylation is 1. The van der Waals surface area contributed by atoms with E-state index in [-0.39, 0.29) is 55.0 Å². The standard InChI is InChI=1S/C55H52O18S8/c1-25(29-5-9-31(10-6-29)80(56,57)58)23-26(2)30-7-11-32(12-8-30)81(59,60)73-33-24-71-44-45(72-33)55(53-43-39(66-18-22-70-43)49(77-53)47-37-35(28(4)75-47)62-14-16-64-37)79-54(44)52-42-41(68-20-21-69-42)51(78-52)50-40-38(65-17-19-67-40)48(76-50)46-36-34(27(3)74-46)61-13-15-63-36/h5-12,25-26,28,33,47-49H,13-24H2,1-4H3,(H,56,57,58)/b51-50+,54-52+,55-53+. The van der Waals surface area contributed by atoms with Crippen molar-refractivity contribution in [2.75, 3.05) is 72.7 Å². The smallest absolute Gasteiger partial charge is 0.300 e. The van der Waals surface area contributed by atoms with Gasteiger partial charge < -0.3 is 56.8 Å². The van der Waals surface area contributed by atoms with Crippen LogP contribution < -0.4 is 37.5 Å². The molecule has 0 aliphatic carbocycles. The van der Waals surface area contributed by atoms with Gasteiger partial charge in [0.1, 0.15) is 82.8 Å². The van der Waals surface area contributed by atoms with Crippen LogP contribution in [0.1, 0.15) is 65.2 Å². The predicted molar refractivity (Wildman–Crippen MR) is 305 cm³/mol. The Labute approximate surface area is 490 Å². The van der Waals surface area contributed by atoms with Crippen molar-refractivity contribution in [2.24, 2.45) is 0 Å². The van der Waals surface area contributed by atoms with Crippen molar-refractivity contribution in [1.82, 2.24) is 0 Å². The summed E-state index contributed by atoms with van der Waals surface area (Å²) in [5, 5.41) is -0.626. The maximum atomic E-state index is 14.3. The van der Waals surface area contributed by atoms with Crippen molar-refractivity contribution in [1.29, 1.82) is 0 Å². The highest BCUT2D eigenvalue weighted by atomic mass is 32.2. The van der Waals surface area contributed by atoms with Crippen LogP contribution >= 0.6 is 69.3 Å². The van der Waals surface area contributed by atoms with Gasteiger partial charge in [0.15, 0.2) is 64.1 Å². The minimum atomic E-state index is -4.43. The Bertz CT molecular complexity index is 3960. The van der Waals surface area contributed by atoms with Gasteiger partial charge in [-0.3, -0.25) is 4.55 Å². The normalized spacial score (nSPS) is 26.3. The van der Waals surface area contributed by atoms with Gasteiger partial charge in [0.05, 0.1) is 58.4 Å². The number of thioether (sulfide) groups is 3. The fraction of sp³-hybridized carbons (Fsp3) is 0.418. The van der Waals surface area contributed by atoms with Gasteiger partial charge in [0.25, 0.3) is 26.5 Å². The van der Waals surface area contributed by atoms with E-state index in [1.807, 2.05) is 20.8 Å². The maximum absolute atomic E-state index is 14.3. The van der Waals surface area contributed by atoms with Gasteiger partial charge in [-0.25, -0.2) is 4.18 Å². The molecule has 0 radical (unpaired) electrons. The van der Waals surface area contributed by atoms with Gasteiger partial charge in [0.2, 0.25) is 0 Å². The van der Waals surface area contributed by atoms with Gasteiger partial charge >= 0.3 is 0 Å². The summed E-state index contributed by atoms with van der Waals surface area (Å²) in [7, 11) is -8.74. The summed E-state index contributed by atoms with van der Waals surface area (Å²) >= 11 is 9.44.